The molecule has 28 heavy (non-hydrogen) atoms. The SMILES string of the molecule is CC(C)n1nc(C(=O)NCc2ccc3c(c2)OCCO3)c2ccccc2c1=O. The highest BCUT2D eigenvalue weighted by molar-refractivity contribution is 6.04. The number of nitrogens with zero attached hydrogens (tertiary/aromatic N) is 2. The van der Waals surface area contributed by atoms with Crippen LogP contribution in [0.15, 0.2) is 47.3 Å². The van der Waals surface area contributed by atoms with Crippen LogP contribution in [0.25, 0.3) is 10.8 Å². The highest BCUT2D eigenvalue weighted by atomic mass is 16.6. The van der Waals surface area contributed by atoms with Crippen LogP contribution in [-0.2, 0) is 6.54 Å². The molecular formula is C21H21N3O4. The maximum Gasteiger partial charge on any atom is 0.274 e. The fraction of sp³-hybridized carbons (Fsp3) is 0.286. The lowest BCUT2D eigenvalue weighted by Crippen LogP contribution is -2.31. The zero-order valence-corrected chi connectivity index (χ0v) is 15.8. The van der Waals surface area contributed by atoms with Crippen LogP contribution >= 0.6 is 0 Å². The van der Waals surface area contributed by atoms with Crippen LogP contribution in [0.4, 0.5) is 0 Å². The Morgan fingerprint density at radius 3 is 2.57 bits per heavy atom. The van der Waals surface area contributed by atoms with Crippen molar-refractivity contribution in [3.05, 3.63) is 64.1 Å². The zero-order chi connectivity index (χ0) is 19.7. The van der Waals surface area contributed by atoms with Crippen molar-refractivity contribution in [1.82, 2.24) is 15.1 Å². The summed E-state index contributed by atoms with van der Waals surface area (Å²) in [4.78, 5) is 25.5. The fourth-order valence-electron chi connectivity index (χ4n) is 3.19. The number of fused-ring (bicyclic) bond motifs is 2. The van der Waals surface area contributed by atoms with Crippen molar-refractivity contribution >= 4 is 16.7 Å². The molecule has 1 N–H and O–H groups in total. The van der Waals surface area contributed by atoms with Crippen molar-refractivity contribution in [2.45, 2.75) is 26.4 Å². The van der Waals surface area contributed by atoms with Gasteiger partial charge < -0.3 is 14.8 Å². The minimum Gasteiger partial charge on any atom is -0.486 e. The van der Waals surface area contributed by atoms with Crippen LogP contribution in [0.3, 0.4) is 0 Å². The van der Waals surface area contributed by atoms with E-state index in [9.17, 15) is 9.59 Å². The van der Waals surface area contributed by atoms with Crippen molar-refractivity contribution in [2.75, 3.05) is 13.2 Å². The molecule has 0 atom stereocenters. The van der Waals surface area contributed by atoms with Crippen LogP contribution in [0.2, 0.25) is 0 Å². The first-order valence-corrected chi connectivity index (χ1v) is 9.23. The molecular weight excluding hydrogens is 358 g/mol. The Labute approximate surface area is 161 Å². The van der Waals surface area contributed by atoms with Gasteiger partial charge in [0.2, 0.25) is 0 Å². The Balaban J connectivity index is 1.62. The summed E-state index contributed by atoms with van der Waals surface area (Å²) in [6.45, 7) is 5.08. The molecule has 0 saturated heterocycles. The molecule has 1 amide bonds. The smallest absolute Gasteiger partial charge is 0.274 e. The molecule has 3 aromatic rings. The van der Waals surface area contributed by atoms with Gasteiger partial charge >= 0.3 is 0 Å². The van der Waals surface area contributed by atoms with Gasteiger partial charge in [-0.15, -0.1) is 0 Å². The molecule has 1 aliphatic heterocycles. The second kappa shape index (κ2) is 7.34. The van der Waals surface area contributed by atoms with Gasteiger partial charge in [0.05, 0.1) is 11.4 Å². The Morgan fingerprint density at radius 2 is 1.82 bits per heavy atom. The van der Waals surface area contributed by atoms with Gasteiger partial charge in [0.1, 0.15) is 13.2 Å². The van der Waals surface area contributed by atoms with E-state index in [0.717, 1.165) is 5.56 Å². The molecule has 2 aromatic carbocycles. The Hall–Kier alpha value is -3.35. The summed E-state index contributed by atoms with van der Waals surface area (Å²) in [6, 6.07) is 12.5. The predicted molar refractivity (Wildman–Crippen MR) is 105 cm³/mol. The number of nitrogens with one attached hydrogen (secondary N) is 1. The van der Waals surface area contributed by atoms with E-state index >= 15 is 0 Å². The monoisotopic (exact) mass is 379 g/mol. The van der Waals surface area contributed by atoms with E-state index in [1.807, 2.05) is 32.0 Å². The van der Waals surface area contributed by atoms with E-state index in [0.29, 0.717) is 42.0 Å². The molecule has 1 aliphatic rings. The van der Waals surface area contributed by atoms with Gasteiger partial charge in [-0.05, 0) is 37.6 Å². The Kier molecular flexibility index (Phi) is 4.73. The lowest BCUT2D eigenvalue weighted by atomic mass is 10.1. The van der Waals surface area contributed by atoms with Crippen LogP contribution < -0.4 is 20.3 Å². The summed E-state index contributed by atoms with van der Waals surface area (Å²) in [5.41, 5.74) is 0.925. The first-order chi connectivity index (χ1) is 13.5. The molecule has 144 valence electrons. The molecule has 4 rings (SSSR count). The van der Waals surface area contributed by atoms with E-state index in [4.69, 9.17) is 9.47 Å². The van der Waals surface area contributed by atoms with Gasteiger partial charge in [0, 0.05) is 11.9 Å². The molecule has 0 radical (unpaired) electrons. The predicted octanol–water partition coefficient (Wildman–Crippen LogP) is 2.68. The van der Waals surface area contributed by atoms with Crippen LogP contribution in [0.5, 0.6) is 11.5 Å². The summed E-state index contributed by atoms with van der Waals surface area (Å²) in [7, 11) is 0. The van der Waals surface area contributed by atoms with Crippen molar-refractivity contribution in [3.8, 4) is 11.5 Å². The standard InChI is InChI=1S/C21H21N3O4/c1-13(2)24-21(26)16-6-4-3-5-15(16)19(23-24)20(25)22-12-14-7-8-17-18(11-14)28-10-9-27-17/h3-8,11,13H,9-10,12H2,1-2H3,(H,22,25). The van der Waals surface area contributed by atoms with Crippen molar-refractivity contribution in [1.29, 1.82) is 0 Å². The topological polar surface area (TPSA) is 82.5 Å². The average Bonchev–Trinajstić information content (AvgIpc) is 2.72. The van der Waals surface area contributed by atoms with E-state index < -0.39 is 0 Å². The van der Waals surface area contributed by atoms with Gasteiger partial charge in [-0.3, -0.25) is 9.59 Å². The first-order valence-electron chi connectivity index (χ1n) is 9.23. The number of hydrogen-bond donors (Lipinski definition) is 1. The second-order valence-corrected chi connectivity index (χ2v) is 6.90. The summed E-state index contributed by atoms with van der Waals surface area (Å²) < 4.78 is 12.4. The lowest BCUT2D eigenvalue weighted by Gasteiger charge is -2.19. The third kappa shape index (κ3) is 3.31. The van der Waals surface area contributed by atoms with Crippen molar-refractivity contribution in [3.63, 3.8) is 0 Å². The van der Waals surface area contributed by atoms with E-state index in [-0.39, 0.29) is 23.2 Å². The number of rotatable bonds is 4. The highest BCUT2D eigenvalue weighted by Crippen LogP contribution is 2.30. The Bertz CT molecular complexity index is 1100. The molecule has 0 unspecified atom stereocenters. The van der Waals surface area contributed by atoms with Crippen LogP contribution in [0.1, 0.15) is 35.9 Å². The quantitative estimate of drug-likeness (QED) is 0.754. The first kappa shape index (κ1) is 18.0. The summed E-state index contributed by atoms with van der Waals surface area (Å²) in [5.74, 6) is 1.05. The normalized spacial score (nSPS) is 13.0. The van der Waals surface area contributed by atoms with Crippen molar-refractivity contribution < 1.29 is 14.3 Å². The lowest BCUT2D eigenvalue weighted by molar-refractivity contribution is 0.0945. The van der Waals surface area contributed by atoms with Gasteiger partial charge in [-0.2, -0.15) is 5.10 Å². The van der Waals surface area contributed by atoms with Crippen molar-refractivity contribution in [2.24, 2.45) is 0 Å². The van der Waals surface area contributed by atoms with E-state index in [2.05, 4.69) is 10.4 Å². The number of carbonyl (C=O) groups is 1. The Morgan fingerprint density at radius 1 is 1.11 bits per heavy atom. The third-order valence-corrected chi connectivity index (χ3v) is 4.59. The van der Waals surface area contributed by atoms with Gasteiger partial charge in [0.15, 0.2) is 17.2 Å². The van der Waals surface area contributed by atoms with Crippen LogP contribution in [0, 0.1) is 0 Å². The van der Waals surface area contributed by atoms with Gasteiger partial charge in [-0.25, -0.2) is 4.68 Å². The minimum atomic E-state index is -0.333. The summed E-state index contributed by atoms with van der Waals surface area (Å²) in [5, 5.41) is 8.24. The minimum absolute atomic E-state index is 0.151. The second-order valence-electron chi connectivity index (χ2n) is 6.90. The van der Waals surface area contributed by atoms with Crippen LogP contribution in [-0.4, -0.2) is 28.9 Å². The fourth-order valence-corrected chi connectivity index (χ4v) is 3.19. The molecule has 0 bridgehead atoms. The molecule has 2 heterocycles. The number of benzene rings is 2. The average molecular weight is 379 g/mol. The zero-order valence-electron chi connectivity index (χ0n) is 15.8. The van der Waals surface area contributed by atoms with Gasteiger partial charge in [-0.1, -0.05) is 24.3 Å². The number of amides is 1. The molecule has 0 spiro atoms. The molecule has 7 heteroatoms. The molecule has 1 aromatic heterocycles. The number of aromatic nitrogens is 2. The summed E-state index contributed by atoms with van der Waals surface area (Å²) in [6.07, 6.45) is 0. The molecule has 7 nitrogen and oxygen atoms in total. The maximum absolute atomic E-state index is 12.9. The highest BCUT2D eigenvalue weighted by Gasteiger charge is 2.18. The molecule has 0 fully saturated rings. The van der Waals surface area contributed by atoms with E-state index in [1.165, 1.54) is 4.68 Å². The number of ether oxygens (including phenoxy) is 2. The van der Waals surface area contributed by atoms with E-state index in [1.54, 1.807) is 24.3 Å². The van der Waals surface area contributed by atoms with Gasteiger partial charge in [0.25, 0.3) is 11.5 Å². The molecule has 0 aliphatic carbocycles. The largest absolute Gasteiger partial charge is 0.486 e. The molecule has 0 saturated carbocycles. The third-order valence-electron chi connectivity index (χ3n) is 4.59. The summed E-state index contributed by atoms with van der Waals surface area (Å²) >= 11 is 0. The maximum atomic E-state index is 12.9. The number of carbonyl (C=O) groups excluding carboxylic acids is 1. The number of hydrogen-bond acceptors (Lipinski definition) is 5.